The van der Waals surface area contributed by atoms with E-state index in [4.69, 9.17) is 16.3 Å². The van der Waals surface area contributed by atoms with Crippen molar-refractivity contribution in [3.8, 4) is 11.5 Å². The van der Waals surface area contributed by atoms with Gasteiger partial charge in [0.1, 0.15) is 11.6 Å². The maximum Gasteiger partial charge on any atom is 0.165 e. The number of benzene rings is 2. The lowest BCUT2D eigenvalue weighted by atomic mass is 10.2. The Bertz CT molecular complexity index is 604. The van der Waals surface area contributed by atoms with Gasteiger partial charge in [0.2, 0.25) is 0 Å². The first-order chi connectivity index (χ1) is 9.61. The van der Waals surface area contributed by atoms with Crippen LogP contribution in [0.15, 0.2) is 36.4 Å². The van der Waals surface area contributed by atoms with E-state index in [1.165, 1.54) is 0 Å². The second-order valence-electron chi connectivity index (χ2n) is 4.17. The maximum absolute atomic E-state index is 13.6. The Morgan fingerprint density at radius 1 is 1.15 bits per heavy atom. The van der Waals surface area contributed by atoms with Gasteiger partial charge in [0.05, 0.1) is 0 Å². The second kappa shape index (κ2) is 6.68. The van der Waals surface area contributed by atoms with E-state index in [1.54, 1.807) is 18.2 Å². The molecule has 2 nitrogen and oxygen atoms in total. The molecule has 0 radical (unpaired) electrons. The number of ether oxygens (including phenoxy) is 1. The average Bonchev–Trinajstić information content (AvgIpc) is 2.42. The van der Waals surface area contributed by atoms with Crippen LogP contribution in [0.5, 0.6) is 11.5 Å². The van der Waals surface area contributed by atoms with Crippen molar-refractivity contribution in [2.45, 2.75) is 13.5 Å². The summed E-state index contributed by atoms with van der Waals surface area (Å²) in [5.41, 5.74) is 0.708. The van der Waals surface area contributed by atoms with Gasteiger partial charge in [-0.3, -0.25) is 0 Å². The minimum atomic E-state index is -0.624. The van der Waals surface area contributed by atoms with Crippen LogP contribution in [-0.4, -0.2) is 6.54 Å². The summed E-state index contributed by atoms with van der Waals surface area (Å²) in [6, 6.07) is 8.17. The van der Waals surface area contributed by atoms with Crippen molar-refractivity contribution in [2.75, 3.05) is 6.54 Å². The Balaban J connectivity index is 2.33. The highest BCUT2D eigenvalue weighted by molar-refractivity contribution is 6.31. The number of nitrogens with one attached hydrogen (secondary N) is 1. The van der Waals surface area contributed by atoms with Gasteiger partial charge in [-0.15, -0.1) is 0 Å². The van der Waals surface area contributed by atoms with Crippen molar-refractivity contribution >= 4 is 11.6 Å². The number of halogens is 3. The Kier molecular flexibility index (Phi) is 4.93. The topological polar surface area (TPSA) is 21.3 Å². The average molecular weight is 298 g/mol. The van der Waals surface area contributed by atoms with Crippen molar-refractivity contribution in [1.29, 1.82) is 0 Å². The van der Waals surface area contributed by atoms with Gasteiger partial charge in [0, 0.05) is 23.2 Å². The minimum absolute atomic E-state index is 0.162. The molecule has 2 rings (SSSR count). The largest absolute Gasteiger partial charge is 0.454 e. The van der Waals surface area contributed by atoms with Gasteiger partial charge in [-0.25, -0.2) is 8.78 Å². The summed E-state index contributed by atoms with van der Waals surface area (Å²) in [4.78, 5) is 0. The standard InChI is InChI=1S/C15H14ClF2NO/c1-2-19-9-11-12(16)4-3-5-14(11)20-15-8-10(17)6-7-13(15)18/h3-8,19H,2,9H2,1H3. The van der Waals surface area contributed by atoms with Crippen molar-refractivity contribution in [1.82, 2.24) is 5.32 Å². The van der Waals surface area contributed by atoms with Crippen LogP contribution in [-0.2, 0) is 6.54 Å². The van der Waals surface area contributed by atoms with E-state index in [1.807, 2.05) is 6.92 Å². The van der Waals surface area contributed by atoms with E-state index in [2.05, 4.69) is 5.32 Å². The van der Waals surface area contributed by atoms with Gasteiger partial charge in [-0.1, -0.05) is 24.6 Å². The van der Waals surface area contributed by atoms with E-state index in [0.29, 0.717) is 22.9 Å². The monoisotopic (exact) mass is 297 g/mol. The molecule has 2 aromatic rings. The molecule has 0 aliphatic rings. The summed E-state index contributed by atoms with van der Waals surface area (Å²) >= 11 is 6.11. The molecule has 0 amide bonds. The highest BCUT2D eigenvalue weighted by Crippen LogP contribution is 2.31. The predicted octanol–water partition coefficient (Wildman–Crippen LogP) is 4.52. The van der Waals surface area contributed by atoms with E-state index in [9.17, 15) is 8.78 Å². The van der Waals surface area contributed by atoms with E-state index in [-0.39, 0.29) is 5.75 Å². The van der Waals surface area contributed by atoms with E-state index in [0.717, 1.165) is 24.7 Å². The lowest BCUT2D eigenvalue weighted by Gasteiger charge is -2.13. The van der Waals surface area contributed by atoms with Crippen LogP contribution in [0.4, 0.5) is 8.78 Å². The molecular formula is C15H14ClF2NO. The van der Waals surface area contributed by atoms with Crippen LogP contribution in [0.1, 0.15) is 12.5 Å². The van der Waals surface area contributed by atoms with Crippen molar-refractivity contribution < 1.29 is 13.5 Å². The van der Waals surface area contributed by atoms with Gasteiger partial charge in [0.25, 0.3) is 0 Å². The zero-order valence-electron chi connectivity index (χ0n) is 10.9. The molecule has 0 unspecified atom stereocenters. The maximum atomic E-state index is 13.6. The quantitative estimate of drug-likeness (QED) is 0.876. The molecule has 0 saturated heterocycles. The molecule has 5 heteroatoms. The van der Waals surface area contributed by atoms with Crippen LogP contribution >= 0.6 is 11.6 Å². The highest BCUT2D eigenvalue weighted by atomic mass is 35.5. The number of hydrogen-bond donors (Lipinski definition) is 1. The molecule has 0 spiro atoms. The third-order valence-corrected chi connectivity index (χ3v) is 3.09. The Morgan fingerprint density at radius 3 is 2.70 bits per heavy atom. The third-order valence-electron chi connectivity index (χ3n) is 2.74. The first-order valence-corrected chi connectivity index (χ1v) is 6.60. The number of hydrogen-bond acceptors (Lipinski definition) is 2. The lowest BCUT2D eigenvalue weighted by molar-refractivity contribution is 0.430. The van der Waals surface area contributed by atoms with Crippen LogP contribution in [0.3, 0.4) is 0 Å². The normalized spacial score (nSPS) is 10.6. The molecule has 0 aliphatic heterocycles. The lowest BCUT2D eigenvalue weighted by Crippen LogP contribution is -2.13. The molecular weight excluding hydrogens is 284 g/mol. The molecule has 0 fully saturated rings. The highest BCUT2D eigenvalue weighted by Gasteiger charge is 2.12. The van der Waals surface area contributed by atoms with Crippen LogP contribution in [0, 0.1) is 11.6 Å². The Hall–Kier alpha value is -1.65. The summed E-state index contributed by atoms with van der Waals surface area (Å²) in [6.07, 6.45) is 0. The van der Waals surface area contributed by atoms with Crippen LogP contribution in [0.25, 0.3) is 0 Å². The molecule has 2 aromatic carbocycles. The summed E-state index contributed by atoms with van der Waals surface area (Å²) < 4.78 is 32.2. The smallest absolute Gasteiger partial charge is 0.165 e. The molecule has 0 aromatic heterocycles. The first-order valence-electron chi connectivity index (χ1n) is 6.23. The Morgan fingerprint density at radius 2 is 1.95 bits per heavy atom. The molecule has 0 bridgehead atoms. The molecule has 0 heterocycles. The first kappa shape index (κ1) is 14.8. The zero-order chi connectivity index (χ0) is 14.5. The summed E-state index contributed by atoms with van der Waals surface area (Å²) in [5, 5.41) is 3.64. The van der Waals surface area contributed by atoms with Crippen molar-refractivity contribution in [3.05, 3.63) is 58.6 Å². The molecule has 106 valence electrons. The SMILES string of the molecule is CCNCc1c(Cl)cccc1Oc1cc(F)ccc1F. The van der Waals surface area contributed by atoms with E-state index < -0.39 is 11.6 Å². The zero-order valence-corrected chi connectivity index (χ0v) is 11.7. The van der Waals surface area contributed by atoms with Gasteiger partial charge in [0.15, 0.2) is 11.6 Å². The summed E-state index contributed by atoms with van der Waals surface area (Å²) in [5.74, 6) is -0.939. The van der Waals surface area contributed by atoms with Crippen molar-refractivity contribution in [3.63, 3.8) is 0 Å². The fraction of sp³-hybridized carbons (Fsp3) is 0.200. The molecule has 0 aliphatic carbocycles. The van der Waals surface area contributed by atoms with Gasteiger partial charge in [-0.2, -0.15) is 0 Å². The minimum Gasteiger partial charge on any atom is -0.454 e. The summed E-state index contributed by atoms with van der Waals surface area (Å²) in [7, 11) is 0. The second-order valence-corrected chi connectivity index (χ2v) is 4.58. The predicted molar refractivity (Wildman–Crippen MR) is 75.3 cm³/mol. The molecule has 1 N–H and O–H groups in total. The molecule has 20 heavy (non-hydrogen) atoms. The third kappa shape index (κ3) is 3.46. The fourth-order valence-corrected chi connectivity index (χ4v) is 1.96. The van der Waals surface area contributed by atoms with Crippen LogP contribution in [0.2, 0.25) is 5.02 Å². The van der Waals surface area contributed by atoms with Gasteiger partial charge < -0.3 is 10.1 Å². The fourth-order valence-electron chi connectivity index (χ4n) is 1.73. The molecule has 0 atom stereocenters. The summed E-state index contributed by atoms with van der Waals surface area (Å²) in [6.45, 7) is 3.21. The number of rotatable bonds is 5. The van der Waals surface area contributed by atoms with Crippen molar-refractivity contribution in [2.24, 2.45) is 0 Å². The van der Waals surface area contributed by atoms with E-state index >= 15 is 0 Å². The van der Waals surface area contributed by atoms with Gasteiger partial charge >= 0.3 is 0 Å². The Labute approximate surface area is 121 Å². The van der Waals surface area contributed by atoms with Crippen LogP contribution < -0.4 is 10.1 Å². The van der Waals surface area contributed by atoms with Gasteiger partial charge in [-0.05, 0) is 30.8 Å². The molecule has 0 saturated carbocycles.